The van der Waals surface area contributed by atoms with E-state index in [0.29, 0.717) is 12.5 Å². The van der Waals surface area contributed by atoms with Crippen LogP contribution in [-0.2, 0) is 19.4 Å². The molecular formula is C20H24N4O. The summed E-state index contributed by atoms with van der Waals surface area (Å²) >= 11 is 0. The Labute approximate surface area is 147 Å². The number of hydrogen-bond acceptors (Lipinski definition) is 2. The topological polar surface area (TPSA) is 62.7 Å². The Hall–Kier alpha value is -2.56. The van der Waals surface area contributed by atoms with Gasteiger partial charge in [-0.25, -0.2) is 4.98 Å². The normalized spacial score (nSPS) is 16.8. The van der Waals surface area contributed by atoms with Gasteiger partial charge in [0.25, 0.3) is 5.91 Å². The highest BCUT2D eigenvalue weighted by molar-refractivity contribution is 6.06. The van der Waals surface area contributed by atoms with Gasteiger partial charge in [-0.1, -0.05) is 19.1 Å². The molecule has 0 saturated heterocycles. The van der Waals surface area contributed by atoms with E-state index in [1.54, 1.807) is 12.5 Å². The number of benzene rings is 1. The first kappa shape index (κ1) is 15.9. The summed E-state index contributed by atoms with van der Waals surface area (Å²) in [5.74, 6) is 0.718. The second kappa shape index (κ2) is 6.75. The van der Waals surface area contributed by atoms with Gasteiger partial charge in [-0.2, -0.15) is 0 Å². The van der Waals surface area contributed by atoms with Crippen molar-refractivity contribution in [2.45, 2.75) is 39.2 Å². The predicted molar refractivity (Wildman–Crippen MR) is 98.7 cm³/mol. The number of rotatable bonds is 5. The van der Waals surface area contributed by atoms with Crippen LogP contribution in [0.1, 0.15) is 41.4 Å². The lowest BCUT2D eigenvalue weighted by molar-refractivity contribution is 0.0954. The second-order valence-electron chi connectivity index (χ2n) is 7.07. The molecular weight excluding hydrogens is 312 g/mol. The van der Waals surface area contributed by atoms with Gasteiger partial charge in [-0.05, 0) is 43.2 Å². The Balaban J connectivity index is 1.48. The van der Waals surface area contributed by atoms with Crippen LogP contribution < -0.4 is 5.32 Å². The maximum Gasteiger partial charge on any atom is 0.253 e. The van der Waals surface area contributed by atoms with E-state index in [0.717, 1.165) is 36.9 Å². The number of carbonyl (C=O) groups is 1. The van der Waals surface area contributed by atoms with Crippen LogP contribution in [0.2, 0.25) is 0 Å². The monoisotopic (exact) mass is 336 g/mol. The summed E-state index contributed by atoms with van der Waals surface area (Å²) in [6.45, 7) is 3.82. The number of imidazole rings is 1. The van der Waals surface area contributed by atoms with Crippen molar-refractivity contribution in [3.8, 4) is 0 Å². The number of hydrogen-bond donors (Lipinski definition) is 2. The molecule has 130 valence electrons. The van der Waals surface area contributed by atoms with E-state index in [1.807, 2.05) is 22.9 Å². The van der Waals surface area contributed by atoms with Gasteiger partial charge in [0.1, 0.15) is 0 Å². The van der Waals surface area contributed by atoms with E-state index < -0.39 is 0 Å². The fourth-order valence-electron chi connectivity index (χ4n) is 3.78. The maximum atomic E-state index is 12.6. The van der Waals surface area contributed by atoms with E-state index in [-0.39, 0.29) is 5.91 Å². The number of amides is 1. The smallest absolute Gasteiger partial charge is 0.253 e. The summed E-state index contributed by atoms with van der Waals surface area (Å²) in [5.41, 5.74) is 4.47. The number of nitrogens with zero attached hydrogens (tertiary/aromatic N) is 2. The van der Waals surface area contributed by atoms with Crippen molar-refractivity contribution in [1.82, 2.24) is 19.9 Å². The molecule has 1 amide bonds. The molecule has 0 radical (unpaired) electrons. The number of carbonyl (C=O) groups excluding carboxylic acids is 1. The molecule has 0 spiro atoms. The Morgan fingerprint density at radius 1 is 1.44 bits per heavy atom. The summed E-state index contributed by atoms with van der Waals surface area (Å²) in [6, 6.07) is 6.05. The number of aryl methyl sites for hydroxylation is 2. The first-order valence-corrected chi connectivity index (χ1v) is 9.09. The number of aromatic nitrogens is 3. The highest BCUT2D eigenvalue weighted by Crippen LogP contribution is 2.32. The Morgan fingerprint density at radius 2 is 2.36 bits per heavy atom. The standard InChI is InChI=1S/C20H24N4O/c1-14-6-7-18-17(12-14)15-4-2-5-16(19(15)23-18)20(25)22-8-3-10-24-11-9-21-13-24/h2,4-5,9,11,13-14,23H,3,6-8,10,12H2,1H3,(H,22,25). The summed E-state index contributed by atoms with van der Waals surface area (Å²) < 4.78 is 2.02. The highest BCUT2D eigenvalue weighted by atomic mass is 16.1. The zero-order valence-electron chi connectivity index (χ0n) is 14.6. The van der Waals surface area contributed by atoms with Gasteiger partial charge < -0.3 is 14.9 Å². The van der Waals surface area contributed by atoms with Crippen LogP contribution in [0.4, 0.5) is 0 Å². The molecule has 5 heteroatoms. The molecule has 2 N–H and O–H groups in total. The molecule has 1 aromatic carbocycles. The molecule has 1 aliphatic rings. The van der Waals surface area contributed by atoms with E-state index >= 15 is 0 Å². The molecule has 0 bridgehead atoms. The number of para-hydroxylation sites is 1. The molecule has 2 heterocycles. The molecule has 25 heavy (non-hydrogen) atoms. The van der Waals surface area contributed by atoms with Crippen LogP contribution in [0.3, 0.4) is 0 Å². The van der Waals surface area contributed by atoms with Crippen LogP contribution in [0, 0.1) is 5.92 Å². The fraction of sp³-hybridized carbons (Fsp3) is 0.400. The molecule has 2 aromatic heterocycles. The van der Waals surface area contributed by atoms with E-state index in [9.17, 15) is 4.79 Å². The van der Waals surface area contributed by atoms with E-state index in [2.05, 4.69) is 28.3 Å². The Kier molecular flexibility index (Phi) is 4.30. The third-order valence-electron chi connectivity index (χ3n) is 5.15. The lowest BCUT2D eigenvalue weighted by Crippen LogP contribution is -2.25. The van der Waals surface area contributed by atoms with Crippen molar-refractivity contribution in [1.29, 1.82) is 0 Å². The van der Waals surface area contributed by atoms with Gasteiger partial charge >= 0.3 is 0 Å². The van der Waals surface area contributed by atoms with Crippen LogP contribution in [0.5, 0.6) is 0 Å². The highest BCUT2D eigenvalue weighted by Gasteiger charge is 2.22. The molecule has 3 aromatic rings. The molecule has 1 atom stereocenters. The van der Waals surface area contributed by atoms with Crippen molar-refractivity contribution < 1.29 is 4.79 Å². The zero-order valence-corrected chi connectivity index (χ0v) is 14.6. The van der Waals surface area contributed by atoms with Crippen molar-refractivity contribution in [2.75, 3.05) is 6.54 Å². The van der Waals surface area contributed by atoms with Crippen LogP contribution in [-0.4, -0.2) is 27.0 Å². The van der Waals surface area contributed by atoms with Crippen LogP contribution in [0.15, 0.2) is 36.9 Å². The number of H-pyrrole nitrogens is 1. The molecule has 0 fully saturated rings. The van der Waals surface area contributed by atoms with Crippen molar-refractivity contribution >= 4 is 16.8 Å². The molecule has 0 saturated carbocycles. The number of aromatic amines is 1. The van der Waals surface area contributed by atoms with Gasteiger partial charge in [-0.15, -0.1) is 0 Å². The minimum Gasteiger partial charge on any atom is -0.358 e. The summed E-state index contributed by atoms with van der Waals surface area (Å²) in [4.78, 5) is 20.2. The molecule has 5 nitrogen and oxygen atoms in total. The molecule has 1 unspecified atom stereocenters. The van der Waals surface area contributed by atoms with Gasteiger partial charge in [0, 0.05) is 36.6 Å². The van der Waals surface area contributed by atoms with Crippen LogP contribution >= 0.6 is 0 Å². The van der Waals surface area contributed by atoms with Crippen molar-refractivity contribution in [2.24, 2.45) is 5.92 Å². The molecule has 0 aliphatic heterocycles. The Morgan fingerprint density at radius 3 is 3.20 bits per heavy atom. The lowest BCUT2D eigenvalue weighted by atomic mass is 9.87. The summed E-state index contributed by atoms with van der Waals surface area (Å²) in [5, 5.41) is 4.27. The lowest BCUT2D eigenvalue weighted by Gasteiger charge is -2.17. The third-order valence-corrected chi connectivity index (χ3v) is 5.15. The average Bonchev–Trinajstić information content (AvgIpc) is 3.25. The van der Waals surface area contributed by atoms with Gasteiger partial charge in [-0.3, -0.25) is 4.79 Å². The quantitative estimate of drug-likeness (QED) is 0.702. The maximum absolute atomic E-state index is 12.6. The van der Waals surface area contributed by atoms with Gasteiger partial charge in [0.05, 0.1) is 17.4 Å². The van der Waals surface area contributed by atoms with E-state index in [1.165, 1.54) is 23.1 Å². The first-order valence-electron chi connectivity index (χ1n) is 9.09. The predicted octanol–water partition coefficient (Wildman–Crippen LogP) is 3.31. The van der Waals surface area contributed by atoms with E-state index in [4.69, 9.17) is 0 Å². The minimum absolute atomic E-state index is 0.00266. The minimum atomic E-state index is 0.00266. The number of nitrogens with one attached hydrogen (secondary N) is 2. The first-order chi connectivity index (χ1) is 12.2. The van der Waals surface area contributed by atoms with Crippen molar-refractivity contribution in [3.63, 3.8) is 0 Å². The van der Waals surface area contributed by atoms with Gasteiger partial charge in [0.2, 0.25) is 0 Å². The number of fused-ring (bicyclic) bond motifs is 3. The fourth-order valence-corrected chi connectivity index (χ4v) is 3.78. The van der Waals surface area contributed by atoms with Crippen molar-refractivity contribution in [3.05, 3.63) is 53.7 Å². The second-order valence-corrected chi connectivity index (χ2v) is 7.07. The Bertz CT molecular complexity index is 879. The van der Waals surface area contributed by atoms with Gasteiger partial charge in [0.15, 0.2) is 0 Å². The zero-order chi connectivity index (χ0) is 17.2. The molecule has 4 rings (SSSR count). The largest absolute Gasteiger partial charge is 0.358 e. The average molecular weight is 336 g/mol. The molecule has 1 aliphatic carbocycles. The summed E-state index contributed by atoms with van der Waals surface area (Å²) in [7, 11) is 0. The van der Waals surface area contributed by atoms with Crippen LogP contribution in [0.25, 0.3) is 10.9 Å². The SMILES string of the molecule is CC1CCc2[nH]c3c(C(=O)NCCCn4ccnc4)cccc3c2C1. The summed E-state index contributed by atoms with van der Waals surface area (Å²) in [6.07, 6.45) is 9.79. The third kappa shape index (κ3) is 3.18.